The molecule has 0 heterocycles. The van der Waals surface area contributed by atoms with Crippen LogP contribution in [0.2, 0.25) is 0 Å². The maximum Gasteiger partial charge on any atom is 0.224 e. The Morgan fingerprint density at radius 2 is 1.07 bits per heavy atom. The van der Waals surface area contributed by atoms with Crippen LogP contribution in [-0.4, -0.2) is 11.8 Å². The molecule has 4 nitrogen and oxygen atoms in total. The van der Waals surface area contributed by atoms with Crippen molar-refractivity contribution in [2.75, 3.05) is 10.6 Å². The fourth-order valence-corrected chi connectivity index (χ4v) is 3.11. The van der Waals surface area contributed by atoms with Crippen molar-refractivity contribution >= 4 is 23.2 Å². The molecule has 0 aliphatic heterocycles. The highest BCUT2D eigenvalue weighted by molar-refractivity contribution is 5.93. The average Bonchev–Trinajstić information content (AvgIpc) is 2.57. The van der Waals surface area contributed by atoms with Crippen molar-refractivity contribution in [3.8, 4) is 11.1 Å². The van der Waals surface area contributed by atoms with Gasteiger partial charge in [-0.2, -0.15) is 0 Å². The molecule has 2 amide bonds. The molecule has 0 aromatic heterocycles. The molecule has 28 heavy (non-hydrogen) atoms. The number of aryl methyl sites for hydroxylation is 2. The number of benzene rings is 2. The lowest BCUT2D eigenvalue weighted by Crippen LogP contribution is -2.14. The summed E-state index contributed by atoms with van der Waals surface area (Å²) < 4.78 is 0. The molecular formula is C24H32N2O2. The van der Waals surface area contributed by atoms with Crippen molar-refractivity contribution in [1.82, 2.24) is 0 Å². The standard InChI is InChI=1S/C24H32N2O2/c1-15(2)11-23(27)25-21-9-7-19(13-17(21)5)20-8-10-22(18(6)14-20)26-24(28)12-16(3)4/h7-10,13-16H,11-12H2,1-6H3,(H,25,27)(H,26,28). The molecule has 0 bridgehead atoms. The van der Waals surface area contributed by atoms with Gasteiger partial charge >= 0.3 is 0 Å². The molecule has 4 heteroatoms. The second-order valence-corrected chi connectivity index (χ2v) is 8.35. The monoisotopic (exact) mass is 380 g/mol. The van der Waals surface area contributed by atoms with Gasteiger partial charge in [0.15, 0.2) is 0 Å². The number of hydrogen-bond donors (Lipinski definition) is 2. The normalized spacial score (nSPS) is 11.0. The van der Waals surface area contributed by atoms with Gasteiger partial charge in [-0.1, -0.05) is 39.8 Å². The van der Waals surface area contributed by atoms with Gasteiger partial charge in [0.1, 0.15) is 0 Å². The molecule has 0 radical (unpaired) electrons. The van der Waals surface area contributed by atoms with Crippen LogP contribution in [0.3, 0.4) is 0 Å². The van der Waals surface area contributed by atoms with Crippen LogP contribution in [0.4, 0.5) is 11.4 Å². The smallest absolute Gasteiger partial charge is 0.224 e. The zero-order valence-corrected chi connectivity index (χ0v) is 17.8. The molecular weight excluding hydrogens is 348 g/mol. The third-order valence-corrected chi connectivity index (χ3v) is 4.52. The molecule has 0 saturated heterocycles. The summed E-state index contributed by atoms with van der Waals surface area (Å²) in [4.78, 5) is 24.0. The number of hydrogen-bond acceptors (Lipinski definition) is 2. The van der Waals surface area contributed by atoms with E-state index in [0.29, 0.717) is 24.7 Å². The molecule has 2 aromatic carbocycles. The van der Waals surface area contributed by atoms with Crippen molar-refractivity contribution in [1.29, 1.82) is 0 Å². The quantitative estimate of drug-likeness (QED) is 0.624. The highest BCUT2D eigenvalue weighted by atomic mass is 16.2. The van der Waals surface area contributed by atoms with Gasteiger partial charge in [0.25, 0.3) is 0 Å². The van der Waals surface area contributed by atoms with E-state index >= 15 is 0 Å². The molecule has 0 atom stereocenters. The highest BCUT2D eigenvalue weighted by Gasteiger charge is 2.10. The van der Waals surface area contributed by atoms with E-state index in [-0.39, 0.29) is 11.8 Å². The van der Waals surface area contributed by atoms with Crippen LogP contribution in [0.1, 0.15) is 51.7 Å². The fourth-order valence-electron chi connectivity index (χ4n) is 3.11. The number of carbonyl (C=O) groups excluding carboxylic acids is 2. The number of nitrogens with one attached hydrogen (secondary N) is 2. The molecule has 2 N–H and O–H groups in total. The van der Waals surface area contributed by atoms with Gasteiger partial charge in [-0.25, -0.2) is 0 Å². The average molecular weight is 381 g/mol. The minimum absolute atomic E-state index is 0.0446. The maximum atomic E-state index is 12.0. The van der Waals surface area contributed by atoms with Gasteiger partial charge in [-0.05, 0) is 72.2 Å². The van der Waals surface area contributed by atoms with E-state index in [4.69, 9.17) is 0 Å². The molecule has 0 unspecified atom stereocenters. The van der Waals surface area contributed by atoms with E-state index < -0.39 is 0 Å². The first-order chi connectivity index (χ1) is 13.2. The fraction of sp³-hybridized carbons (Fsp3) is 0.417. The van der Waals surface area contributed by atoms with E-state index in [2.05, 4.69) is 22.8 Å². The number of rotatable bonds is 7. The van der Waals surface area contributed by atoms with E-state index in [9.17, 15) is 9.59 Å². The first-order valence-electron chi connectivity index (χ1n) is 9.97. The minimum Gasteiger partial charge on any atom is -0.326 e. The lowest BCUT2D eigenvalue weighted by atomic mass is 9.99. The van der Waals surface area contributed by atoms with Crippen molar-refractivity contribution in [2.45, 2.75) is 54.4 Å². The van der Waals surface area contributed by atoms with Crippen LogP contribution in [-0.2, 0) is 9.59 Å². The molecule has 0 saturated carbocycles. The van der Waals surface area contributed by atoms with Crippen LogP contribution < -0.4 is 10.6 Å². The molecule has 0 aliphatic rings. The van der Waals surface area contributed by atoms with Crippen LogP contribution in [0.25, 0.3) is 11.1 Å². The van der Waals surface area contributed by atoms with Gasteiger partial charge in [0.05, 0.1) is 0 Å². The second-order valence-electron chi connectivity index (χ2n) is 8.35. The number of amides is 2. The van der Waals surface area contributed by atoms with Crippen LogP contribution in [0.5, 0.6) is 0 Å². The predicted molar refractivity (Wildman–Crippen MR) is 118 cm³/mol. The van der Waals surface area contributed by atoms with E-state index in [1.54, 1.807) is 0 Å². The van der Waals surface area contributed by atoms with Gasteiger partial charge in [0, 0.05) is 24.2 Å². The highest BCUT2D eigenvalue weighted by Crippen LogP contribution is 2.28. The molecule has 150 valence electrons. The third kappa shape index (κ3) is 6.22. The van der Waals surface area contributed by atoms with E-state index in [1.807, 2.05) is 65.8 Å². The van der Waals surface area contributed by atoms with Crippen LogP contribution >= 0.6 is 0 Å². The SMILES string of the molecule is Cc1cc(-c2ccc(NC(=O)CC(C)C)c(C)c2)ccc1NC(=O)CC(C)C. The Kier molecular flexibility index (Phi) is 7.38. The van der Waals surface area contributed by atoms with E-state index in [0.717, 1.165) is 33.6 Å². The molecule has 0 aliphatic carbocycles. The summed E-state index contributed by atoms with van der Waals surface area (Å²) in [5.74, 6) is 0.760. The summed E-state index contributed by atoms with van der Waals surface area (Å²) in [5.41, 5.74) is 5.93. The first-order valence-corrected chi connectivity index (χ1v) is 9.97. The summed E-state index contributed by atoms with van der Waals surface area (Å²) >= 11 is 0. The molecule has 2 rings (SSSR count). The summed E-state index contributed by atoms with van der Waals surface area (Å²) in [6, 6.07) is 12.1. The Morgan fingerprint density at radius 3 is 1.36 bits per heavy atom. The topological polar surface area (TPSA) is 58.2 Å². The number of anilines is 2. The predicted octanol–water partition coefficient (Wildman–Crippen LogP) is 5.94. The Labute approximate surface area is 168 Å². The Bertz CT molecular complexity index is 782. The second kappa shape index (κ2) is 9.54. The Hall–Kier alpha value is -2.62. The largest absolute Gasteiger partial charge is 0.326 e. The van der Waals surface area contributed by atoms with Crippen LogP contribution in [0.15, 0.2) is 36.4 Å². The third-order valence-electron chi connectivity index (χ3n) is 4.52. The molecule has 2 aromatic rings. The van der Waals surface area contributed by atoms with Crippen molar-refractivity contribution < 1.29 is 9.59 Å². The lowest BCUT2D eigenvalue weighted by Gasteiger charge is -2.14. The first kappa shape index (κ1) is 21.7. The lowest BCUT2D eigenvalue weighted by molar-refractivity contribution is -0.117. The van der Waals surface area contributed by atoms with Gasteiger partial charge in [-0.3, -0.25) is 9.59 Å². The van der Waals surface area contributed by atoms with Crippen molar-refractivity contribution in [2.24, 2.45) is 11.8 Å². The van der Waals surface area contributed by atoms with Gasteiger partial charge < -0.3 is 10.6 Å². The number of carbonyl (C=O) groups is 2. The Balaban J connectivity index is 2.15. The summed E-state index contributed by atoms with van der Waals surface area (Å²) in [5, 5.41) is 5.98. The van der Waals surface area contributed by atoms with Gasteiger partial charge in [0.2, 0.25) is 11.8 Å². The Morgan fingerprint density at radius 1 is 0.714 bits per heavy atom. The summed E-state index contributed by atoms with van der Waals surface area (Å²) in [6.07, 6.45) is 1.04. The summed E-state index contributed by atoms with van der Waals surface area (Å²) in [6.45, 7) is 12.1. The maximum absolute atomic E-state index is 12.0. The minimum atomic E-state index is 0.0446. The molecule has 0 fully saturated rings. The summed E-state index contributed by atoms with van der Waals surface area (Å²) in [7, 11) is 0. The van der Waals surface area contributed by atoms with E-state index in [1.165, 1.54) is 0 Å². The molecule has 0 spiro atoms. The zero-order valence-electron chi connectivity index (χ0n) is 17.8. The zero-order chi connectivity index (χ0) is 20.8. The van der Waals surface area contributed by atoms with Crippen molar-refractivity contribution in [3.05, 3.63) is 47.5 Å². The van der Waals surface area contributed by atoms with Crippen molar-refractivity contribution in [3.63, 3.8) is 0 Å². The van der Waals surface area contributed by atoms with Gasteiger partial charge in [-0.15, -0.1) is 0 Å². The van der Waals surface area contributed by atoms with Crippen LogP contribution in [0, 0.1) is 25.7 Å².